The first-order valence-electron chi connectivity index (χ1n) is 6.73. The second kappa shape index (κ2) is 8.08. The maximum absolute atomic E-state index is 12.2. The van der Waals surface area contributed by atoms with Gasteiger partial charge in [-0.1, -0.05) is 20.8 Å². The normalized spacial score (nSPS) is 13.8. The summed E-state index contributed by atoms with van der Waals surface area (Å²) in [7, 11) is 0. The molecule has 0 bridgehead atoms. The van der Waals surface area contributed by atoms with Crippen LogP contribution in [-0.4, -0.2) is 41.9 Å². The maximum Gasteiger partial charge on any atom is 0.242 e. The van der Waals surface area contributed by atoms with E-state index in [1.165, 1.54) is 0 Å². The molecule has 106 valence electrons. The van der Waals surface area contributed by atoms with E-state index in [1.807, 2.05) is 20.8 Å². The Labute approximate surface area is 110 Å². The molecule has 0 rings (SSSR count). The second-order valence-corrected chi connectivity index (χ2v) is 4.85. The van der Waals surface area contributed by atoms with Gasteiger partial charge in [0.15, 0.2) is 0 Å². The average molecular weight is 257 g/mol. The first-order valence-corrected chi connectivity index (χ1v) is 6.73. The highest BCUT2D eigenvalue weighted by Gasteiger charge is 2.31. The number of nitrogens with two attached hydrogens (primary N) is 1. The third kappa shape index (κ3) is 5.49. The molecule has 1 atom stereocenters. The number of hydrogen-bond acceptors (Lipinski definition) is 3. The van der Waals surface area contributed by atoms with E-state index in [2.05, 4.69) is 5.32 Å². The molecule has 0 saturated carbocycles. The van der Waals surface area contributed by atoms with Gasteiger partial charge in [-0.25, -0.2) is 0 Å². The third-order valence-corrected chi connectivity index (χ3v) is 2.91. The zero-order chi connectivity index (χ0) is 14.2. The van der Waals surface area contributed by atoms with Crippen molar-refractivity contribution in [2.24, 2.45) is 5.73 Å². The molecule has 0 radical (unpaired) electrons. The minimum Gasteiger partial charge on any atom is -0.355 e. The van der Waals surface area contributed by atoms with Crippen molar-refractivity contribution in [1.29, 1.82) is 0 Å². The zero-order valence-electron chi connectivity index (χ0n) is 12.1. The van der Waals surface area contributed by atoms with Crippen LogP contribution in [0.2, 0.25) is 0 Å². The number of nitrogens with zero attached hydrogens (tertiary/aromatic N) is 1. The highest BCUT2D eigenvalue weighted by Crippen LogP contribution is 2.10. The van der Waals surface area contributed by atoms with Crippen molar-refractivity contribution in [3.05, 3.63) is 0 Å². The summed E-state index contributed by atoms with van der Waals surface area (Å²) in [6, 6.07) is 0. The molecule has 0 spiro atoms. The summed E-state index contributed by atoms with van der Waals surface area (Å²) in [5.74, 6) is -0.274. The first-order chi connectivity index (χ1) is 8.38. The Bertz CT molecular complexity index is 277. The summed E-state index contributed by atoms with van der Waals surface area (Å²) in [6.07, 6.45) is 2.26. The van der Waals surface area contributed by atoms with Crippen LogP contribution in [0, 0.1) is 0 Å². The number of carbonyl (C=O) groups excluding carboxylic acids is 2. The Balaban J connectivity index is 4.56. The summed E-state index contributed by atoms with van der Waals surface area (Å²) in [6.45, 7) is 8.85. The van der Waals surface area contributed by atoms with E-state index in [0.29, 0.717) is 19.5 Å². The molecule has 2 amide bonds. The van der Waals surface area contributed by atoms with Gasteiger partial charge in [-0.2, -0.15) is 0 Å². The van der Waals surface area contributed by atoms with Gasteiger partial charge in [0.25, 0.3) is 0 Å². The monoisotopic (exact) mass is 257 g/mol. The summed E-state index contributed by atoms with van der Waals surface area (Å²) < 4.78 is 0. The van der Waals surface area contributed by atoms with Gasteiger partial charge in [0.05, 0.1) is 12.1 Å². The van der Waals surface area contributed by atoms with Gasteiger partial charge in [0.2, 0.25) is 11.8 Å². The summed E-state index contributed by atoms with van der Waals surface area (Å²) in [5, 5.41) is 2.77. The molecule has 0 aliphatic rings. The summed E-state index contributed by atoms with van der Waals surface area (Å²) in [5.41, 5.74) is 5.05. The SMILES string of the molecule is CCCNC(=O)CN(CCC)C(=O)C(C)(N)CC. The van der Waals surface area contributed by atoms with Crippen molar-refractivity contribution in [3.8, 4) is 0 Å². The number of hydrogen-bond donors (Lipinski definition) is 2. The van der Waals surface area contributed by atoms with E-state index in [1.54, 1.807) is 11.8 Å². The van der Waals surface area contributed by atoms with Crippen molar-refractivity contribution >= 4 is 11.8 Å². The Morgan fingerprint density at radius 1 is 1.22 bits per heavy atom. The van der Waals surface area contributed by atoms with Crippen LogP contribution in [0.1, 0.15) is 47.0 Å². The highest BCUT2D eigenvalue weighted by molar-refractivity contribution is 5.89. The lowest BCUT2D eigenvalue weighted by Crippen LogP contribution is -2.55. The number of amides is 2. The van der Waals surface area contributed by atoms with E-state index in [-0.39, 0.29) is 18.4 Å². The minimum atomic E-state index is -0.889. The van der Waals surface area contributed by atoms with Gasteiger partial charge in [-0.05, 0) is 26.2 Å². The molecule has 0 aromatic rings. The molecule has 0 saturated heterocycles. The van der Waals surface area contributed by atoms with Crippen LogP contribution in [0.5, 0.6) is 0 Å². The smallest absolute Gasteiger partial charge is 0.242 e. The lowest BCUT2D eigenvalue weighted by Gasteiger charge is -2.30. The quantitative estimate of drug-likeness (QED) is 0.677. The fraction of sp³-hybridized carbons (Fsp3) is 0.846. The second-order valence-electron chi connectivity index (χ2n) is 4.85. The maximum atomic E-state index is 12.2. The predicted molar refractivity (Wildman–Crippen MR) is 73.1 cm³/mol. The Kier molecular flexibility index (Phi) is 7.59. The number of carbonyl (C=O) groups is 2. The lowest BCUT2D eigenvalue weighted by molar-refractivity contribution is -0.140. The van der Waals surface area contributed by atoms with Crippen LogP contribution in [0.25, 0.3) is 0 Å². The molecule has 0 aliphatic heterocycles. The zero-order valence-corrected chi connectivity index (χ0v) is 12.1. The van der Waals surface area contributed by atoms with Gasteiger partial charge in [-0.3, -0.25) is 9.59 Å². The van der Waals surface area contributed by atoms with Gasteiger partial charge < -0.3 is 16.0 Å². The van der Waals surface area contributed by atoms with Crippen LogP contribution in [0.15, 0.2) is 0 Å². The topological polar surface area (TPSA) is 75.4 Å². The molecular formula is C13H27N3O2. The van der Waals surface area contributed by atoms with Crippen molar-refractivity contribution in [3.63, 3.8) is 0 Å². The fourth-order valence-electron chi connectivity index (χ4n) is 1.53. The molecule has 5 nitrogen and oxygen atoms in total. The van der Waals surface area contributed by atoms with Crippen molar-refractivity contribution < 1.29 is 9.59 Å². The van der Waals surface area contributed by atoms with Crippen molar-refractivity contribution in [1.82, 2.24) is 10.2 Å². The molecule has 1 unspecified atom stereocenters. The van der Waals surface area contributed by atoms with Crippen LogP contribution >= 0.6 is 0 Å². The number of rotatable bonds is 8. The van der Waals surface area contributed by atoms with Crippen molar-refractivity contribution in [2.45, 2.75) is 52.5 Å². The van der Waals surface area contributed by atoms with Gasteiger partial charge in [-0.15, -0.1) is 0 Å². The first kappa shape index (κ1) is 16.9. The molecule has 18 heavy (non-hydrogen) atoms. The minimum absolute atomic E-state index is 0.0967. The Morgan fingerprint density at radius 2 is 1.83 bits per heavy atom. The summed E-state index contributed by atoms with van der Waals surface area (Å²) >= 11 is 0. The average Bonchev–Trinajstić information content (AvgIpc) is 2.34. The van der Waals surface area contributed by atoms with E-state index < -0.39 is 5.54 Å². The Morgan fingerprint density at radius 3 is 2.28 bits per heavy atom. The summed E-state index contributed by atoms with van der Waals surface area (Å²) in [4.78, 5) is 25.4. The van der Waals surface area contributed by atoms with Crippen LogP contribution in [0.4, 0.5) is 0 Å². The molecule has 0 aromatic carbocycles. The van der Waals surface area contributed by atoms with Gasteiger partial charge >= 0.3 is 0 Å². The standard InChI is InChI=1S/C13H27N3O2/c1-5-8-15-11(17)10-16(9-6-2)12(18)13(4,14)7-3/h5-10,14H2,1-4H3,(H,15,17). The van der Waals surface area contributed by atoms with Gasteiger partial charge in [0.1, 0.15) is 0 Å². The molecular weight excluding hydrogens is 230 g/mol. The lowest BCUT2D eigenvalue weighted by atomic mass is 9.98. The molecule has 0 aliphatic carbocycles. The molecule has 0 fully saturated rings. The van der Waals surface area contributed by atoms with Crippen LogP contribution in [0.3, 0.4) is 0 Å². The van der Waals surface area contributed by atoms with Crippen molar-refractivity contribution in [2.75, 3.05) is 19.6 Å². The fourth-order valence-corrected chi connectivity index (χ4v) is 1.53. The Hall–Kier alpha value is -1.10. The molecule has 0 heterocycles. The predicted octanol–water partition coefficient (Wildman–Crippen LogP) is 0.879. The van der Waals surface area contributed by atoms with Crippen LogP contribution < -0.4 is 11.1 Å². The molecule has 3 N–H and O–H groups in total. The van der Waals surface area contributed by atoms with Gasteiger partial charge in [0, 0.05) is 13.1 Å². The van der Waals surface area contributed by atoms with E-state index in [0.717, 1.165) is 12.8 Å². The van der Waals surface area contributed by atoms with E-state index in [9.17, 15) is 9.59 Å². The van der Waals surface area contributed by atoms with E-state index >= 15 is 0 Å². The highest BCUT2D eigenvalue weighted by atomic mass is 16.2. The van der Waals surface area contributed by atoms with Crippen LogP contribution in [-0.2, 0) is 9.59 Å². The third-order valence-electron chi connectivity index (χ3n) is 2.91. The van der Waals surface area contributed by atoms with E-state index in [4.69, 9.17) is 5.73 Å². The number of nitrogens with one attached hydrogen (secondary N) is 1. The molecule has 5 heteroatoms. The largest absolute Gasteiger partial charge is 0.355 e. The molecule has 0 aromatic heterocycles.